The van der Waals surface area contributed by atoms with E-state index in [4.69, 9.17) is 9.97 Å². The van der Waals surface area contributed by atoms with Crippen molar-refractivity contribution in [2.24, 2.45) is 0 Å². The normalized spacial score (nSPS) is 11.4. The van der Waals surface area contributed by atoms with Gasteiger partial charge in [-0.1, -0.05) is 30.3 Å². The van der Waals surface area contributed by atoms with Crippen LogP contribution >= 0.6 is 0 Å². The second-order valence-electron chi connectivity index (χ2n) is 7.02. The van der Waals surface area contributed by atoms with E-state index in [1.54, 1.807) is 30.7 Å². The summed E-state index contributed by atoms with van der Waals surface area (Å²) >= 11 is 0. The van der Waals surface area contributed by atoms with Crippen molar-refractivity contribution in [2.45, 2.75) is 0 Å². The van der Waals surface area contributed by atoms with Gasteiger partial charge in [0.2, 0.25) is 0 Å². The summed E-state index contributed by atoms with van der Waals surface area (Å²) in [5.41, 5.74) is 6.05. The molecule has 0 saturated carbocycles. The molecule has 6 aromatic rings. The molecule has 4 heterocycles. The third-order valence-corrected chi connectivity index (χ3v) is 5.13. The molecule has 0 bridgehead atoms. The number of benzene rings is 2. The molecule has 8 heteroatoms. The maximum absolute atomic E-state index is 14.4. The Labute approximate surface area is 175 Å². The minimum atomic E-state index is -0.292. The van der Waals surface area contributed by atoms with Crippen molar-refractivity contribution < 1.29 is 4.39 Å². The van der Waals surface area contributed by atoms with Gasteiger partial charge in [0.25, 0.3) is 0 Å². The molecule has 0 atom stereocenters. The maximum atomic E-state index is 14.4. The molecule has 31 heavy (non-hydrogen) atoms. The van der Waals surface area contributed by atoms with Gasteiger partial charge < -0.3 is 4.98 Å². The zero-order chi connectivity index (χ0) is 20.8. The summed E-state index contributed by atoms with van der Waals surface area (Å²) in [7, 11) is 0. The van der Waals surface area contributed by atoms with Gasteiger partial charge in [0.15, 0.2) is 11.5 Å². The molecule has 2 aromatic carbocycles. The first-order chi connectivity index (χ1) is 15.3. The van der Waals surface area contributed by atoms with E-state index < -0.39 is 0 Å². The average molecular weight is 407 g/mol. The summed E-state index contributed by atoms with van der Waals surface area (Å²) in [6.07, 6.45) is 4.91. The molecule has 2 N–H and O–H groups in total. The van der Waals surface area contributed by atoms with E-state index in [0.29, 0.717) is 45.1 Å². The van der Waals surface area contributed by atoms with Crippen LogP contribution in [0.2, 0.25) is 0 Å². The van der Waals surface area contributed by atoms with Crippen molar-refractivity contribution in [3.05, 3.63) is 79.0 Å². The van der Waals surface area contributed by atoms with Gasteiger partial charge in [0.1, 0.15) is 17.0 Å². The van der Waals surface area contributed by atoms with Gasteiger partial charge in [-0.2, -0.15) is 5.10 Å². The highest BCUT2D eigenvalue weighted by Gasteiger charge is 2.17. The fourth-order valence-electron chi connectivity index (χ4n) is 3.68. The van der Waals surface area contributed by atoms with Crippen LogP contribution in [0.4, 0.5) is 4.39 Å². The minimum absolute atomic E-state index is 0.292. The Morgan fingerprint density at radius 1 is 0.742 bits per heavy atom. The van der Waals surface area contributed by atoms with Crippen LogP contribution in [0, 0.1) is 5.82 Å². The Bertz CT molecular complexity index is 1550. The van der Waals surface area contributed by atoms with E-state index >= 15 is 0 Å². The Kier molecular flexibility index (Phi) is 3.82. The predicted molar refractivity (Wildman–Crippen MR) is 115 cm³/mol. The smallest absolute Gasteiger partial charge is 0.161 e. The number of pyridine rings is 1. The average Bonchev–Trinajstić information content (AvgIpc) is 3.43. The third kappa shape index (κ3) is 2.84. The van der Waals surface area contributed by atoms with Crippen LogP contribution < -0.4 is 0 Å². The molecule has 0 spiro atoms. The van der Waals surface area contributed by atoms with Crippen molar-refractivity contribution in [2.75, 3.05) is 0 Å². The summed E-state index contributed by atoms with van der Waals surface area (Å²) < 4.78 is 14.4. The Balaban J connectivity index is 1.53. The number of para-hydroxylation sites is 1. The molecule has 7 nitrogen and oxygen atoms in total. The highest BCUT2D eigenvalue weighted by Crippen LogP contribution is 2.32. The first-order valence-corrected chi connectivity index (χ1v) is 9.63. The van der Waals surface area contributed by atoms with Crippen LogP contribution in [-0.2, 0) is 0 Å². The van der Waals surface area contributed by atoms with E-state index in [1.165, 1.54) is 6.07 Å². The zero-order valence-corrected chi connectivity index (χ0v) is 16.0. The highest BCUT2D eigenvalue weighted by atomic mass is 19.1. The third-order valence-electron chi connectivity index (χ3n) is 5.13. The van der Waals surface area contributed by atoms with Gasteiger partial charge in [-0.3, -0.25) is 15.1 Å². The van der Waals surface area contributed by atoms with Crippen molar-refractivity contribution in [1.82, 2.24) is 35.1 Å². The molecule has 0 aliphatic carbocycles. The number of fused-ring (bicyclic) bond motifs is 2. The van der Waals surface area contributed by atoms with Crippen LogP contribution in [-0.4, -0.2) is 35.1 Å². The van der Waals surface area contributed by atoms with E-state index in [0.717, 1.165) is 11.0 Å². The topological polar surface area (TPSA) is 96.0 Å². The molecule has 0 radical (unpaired) electrons. The van der Waals surface area contributed by atoms with Crippen molar-refractivity contribution in [1.29, 1.82) is 0 Å². The standard InChI is InChI=1S/C23H14FN7/c24-15-6-2-1-4-13(15)14-5-3-7-17-20(14)29-23(28-17)22-21-18(30-31-22)9-8-16(27-21)19-12-25-10-11-26-19/h1-12H,(H,28,29)(H,30,31). The molecule has 4 aromatic heterocycles. The molecule has 0 saturated heterocycles. The minimum Gasteiger partial charge on any atom is -0.336 e. The number of nitrogens with zero attached hydrogens (tertiary/aromatic N) is 5. The summed E-state index contributed by atoms with van der Waals surface area (Å²) in [5, 5.41) is 7.42. The number of hydrogen-bond acceptors (Lipinski definition) is 5. The highest BCUT2D eigenvalue weighted by molar-refractivity contribution is 5.96. The largest absolute Gasteiger partial charge is 0.336 e. The maximum Gasteiger partial charge on any atom is 0.161 e. The summed E-state index contributed by atoms with van der Waals surface area (Å²) in [5.74, 6) is 0.258. The molecule has 0 amide bonds. The lowest BCUT2D eigenvalue weighted by Gasteiger charge is -2.03. The van der Waals surface area contributed by atoms with Gasteiger partial charge in [-0.25, -0.2) is 14.4 Å². The molecule has 0 aliphatic rings. The van der Waals surface area contributed by atoms with Crippen LogP contribution in [0.3, 0.4) is 0 Å². The number of aromatic amines is 2. The Morgan fingerprint density at radius 3 is 2.52 bits per heavy atom. The predicted octanol–water partition coefficient (Wildman–Crippen LogP) is 4.76. The molecule has 6 rings (SSSR count). The van der Waals surface area contributed by atoms with E-state index in [2.05, 4.69) is 25.1 Å². The number of imidazole rings is 1. The lowest BCUT2D eigenvalue weighted by Crippen LogP contribution is -1.89. The SMILES string of the molecule is Fc1ccccc1-c1cccc2[nH]c(-c3n[nH]c4ccc(-c5cnccn5)nc34)nc12. The van der Waals surface area contributed by atoms with Crippen LogP contribution in [0.25, 0.3) is 56.1 Å². The number of aromatic nitrogens is 7. The van der Waals surface area contributed by atoms with Crippen molar-refractivity contribution in [3.63, 3.8) is 0 Å². The molecular weight excluding hydrogens is 393 g/mol. The Hall–Kier alpha value is -4.46. The fraction of sp³-hybridized carbons (Fsp3) is 0. The number of halogens is 1. The monoisotopic (exact) mass is 407 g/mol. The number of nitrogens with one attached hydrogen (secondary N) is 2. The quantitative estimate of drug-likeness (QED) is 0.441. The summed E-state index contributed by atoms with van der Waals surface area (Å²) in [6.45, 7) is 0. The van der Waals surface area contributed by atoms with E-state index in [-0.39, 0.29) is 5.82 Å². The zero-order valence-electron chi connectivity index (χ0n) is 16.0. The van der Waals surface area contributed by atoms with Crippen LogP contribution in [0.1, 0.15) is 0 Å². The van der Waals surface area contributed by atoms with Crippen LogP contribution in [0.5, 0.6) is 0 Å². The lowest BCUT2D eigenvalue weighted by atomic mass is 10.0. The molecule has 0 unspecified atom stereocenters. The van der Waals surface area contributed by atoms with Gasteiger partial charge in [0.05, 0.1) is 28.4 Å². The first kappa shape index (κ1) is 17.4. The van der Waals surface area contributed by atoms with Gasteiger partial charge in [0, 0.05) is 23.5 Å². The van der Waals surface area contributed by atoms with Gasteiger partial charge in [-0.15, -0.1) is 0 Å². The van der Waals surface area contributed by atoms with Crippen molar-refractivity contribution in [3.8, 4) is 34.0 Å². The van der Waals surface area contributed by atoms with E-state index in [1.807, 2.05) is 36.4 Å². The lowest BCUT2D eigenvalue weighted by molar-refractivity contribution is 0.631. The van der Waals surface area contributed by atoms with Crippen LogP contribution in [0.15, 0.2) is 73.2 Å². The summed E-state index contributed by atoms with van der Waals surface area (Å²) in [4.78, 5) is 21.2. The molecule has 148 valence electrons. The second kappa shape index (κ2) is 6.81. The molecule has 0 fully saturated rings. The Morgan fingerprint density at radius 2 is 1.65 bits per heavy atom. The number of H-pyrrole nitrogens is 2. The van der Waals surface area contributed by atoms with Gasteiger partial charge in [-0.05, 0) is 24.3 Å². The molecular formula is C23H14FN7. The van der Waals surface area contributed by atoms with Gasteiger partial charge >= 0.3 is 0 Å². The van der Waals surface area contributed by atoms with Crippen molar-refractivity contribution >= 4 is 22.1 Å². The number of rotatable bonds is 3. The second-order valence-corrected chi connectivity index (χ2v) is 7.02. The molecule has 0 aliphatic heterocycles. The fourth-order valence-corrected chi connectivity index (χ4v) is 3.68. The van der Waals surface area contributed by atoms with E-state index in [9.17, 15) is 4.39 Å². The summed E-state index contributed by atoms with van der Waals surface area (Å²) in [6, 6.07) is 16.1. The number of hydrogen-bond donors (Lipinski definition) is 2. The first-order valence-electron chi connectivity index (χ1n) is 9.63.